The number of nitrogens with one attached hydrogen (secondary N) is 2. The lowest BCUT2D eigenvalue weighted by atomic mass is 10.1. The SMILES string of the molecule is CCNC(=NCCc1c(C)noc1C)NC(C)COC1CCOC1. The van der Waals surface area contributed by atoms with Gasteiger partial charge in [-0.3, -0.25) is 4.99 Å². The van der Waals surface area contributed by atoms with Crippen molar-refractivity contribution in [1.82, 2.24) is 15.8 Å². The Balaban J connectivity index is 1.78. The van der Waals surface area contributed by atoms with Crippen LogP contribution in [0.3, 0.4) is 0 Å². The fourth-order valence-electron chi connectivity index (χ4n) is 2.66. The molecule has 1 fully saturated rings. The van der Waals surface area contributed by atoms with Crippen molar-refractivity contribution in [3.05, 3.63) is 17.0 Å². The molecular formula is C17H30N4O3. The maximum absolute atomic E-state index is 5.85. The van der Waals surface area contributed by atoms with E-state index in [2.05, 4.69) is 34.6 Å². The van der Waals surface area contributed by atoms with Crippen LogP contribution in [0.4, 0.5) is 0 Å². The van der Waals surface area contributed by atoms with Crippen molar-refractivity contribution in [3.8, 4) is 0 Å². The van der Waals surface area contributed by atoms with Gasteiger partial charge in [-0.25, -0.2) is 0 Å². The number of guanidine groups is 1. The van der Waals surface area contributed by atoms with E-state index in [1.165, 1.54) is 0 Å². The number of ether oxygens (including phenoxy) is 2. The summed E-state index contributed by atoms with van der Waals surface area (Å²) in [7, 11) is 0. The molecule has 1 aliphatic rings. The molecule has 7 heteroatoms. The largest absolute Gasteiger partial charge is 0.379 e. The van der Waals surface area contributed by atoms with Gasteiger partial charge >= 0.3 is 0 Å². The van der Waals surface area contributed by atoms with Gasteiger partial charge in [0, 0.05) is 31.3 Å². The van der Waals surface area contributed by atoms with Gasteiger partial charge in [-0.15, -0.1) is 0 Å². The number of rotatable bonds is 8. The molecule has 136 valence electrons. The van der Waals surface area contributed by atoms with Crippen LogP contribution in [0.15, 0.2) is 9.52 Å². The van der Waals surface area contributed by atoms with Gasteiger partial charge in [-0.2, -0.15) is 0 Å². The minimum Gasteiger partial charge on any atom is -0.379 e. The molecule has 1 aliphatic heterocycles. The Labute approximate surface area is 144 Å². The van der Waals surface area contributed by atoms with Gasteiger partial charge in [0.2, 0.25) is 0 Å². The zero-order valence-electron chi connectivity index (χ0n) is 15.2. The molecule has 0 aromatic carbocycles. The molecule has 7 nitrogen and oxygen atoms in total. The zero-order valence-corrected chi connectivity index (χ0v) is 15.2. The van der Waals surface area contributed by atoms with Crippen LogP contribution in [-0.4, -0.2) is 56.2 Å². The third kappa shape index (κ3) is 5.79. The molecule has 2 heterocycles. The Hall–Kier alpha value is -1.60. The third-order valence-electron chi connectivity index (χ3n) is 4.01. The van der Waals surface area contributed by atoms with E-state index in [0.717, 1.165) is 49.0 Å². The zero-order chi connectivity index (χ0) is 17.4. The smallest absolute Gasteiger partial charge is 0.191 e. The van der Waals surface area contributed by atoms with Crippen molar-refractivity contribution in [2.45, 2.75) is 52.7 Å². The molecule has 0 spiro atoms. The first-order chi connectivity index (χ1) is 11.6. The van der Waals surface area contributed by atoms with Crippen LogP contribution in [0.2, 0.25) is 0 Å². The molecular weight excluding hydrogens is 308 g/mol. The molecule has 1 aromatic rings. The van der Waals surface area contributed by atoms with E-state index in [9.17, 15) is 0 Å². The quantitative estimate of drug-likeness (QED) is 0.553. The lowest BCUT2D eigenvalue weighted by molar-refractivity contribution is 0.0347. The summed E-state index contributed by atoms with van der Waals surface area (Å²) in [5.74, 6) is 1.68. The van der Waals surface area contributed by atoms with E-state index >= 15 is 0 Å². The van der Waals surface area contributed by atoms with E-state index in [-0.39, 0.29) is 12.1 Å². The number of nitrogens with zero attached hydrogens (tertiary/aromatic N) is 2. The monoisotopic (exact) mass is 338 g/mol. The minimum absolute atomic E-state index is 0.183. The summed E-state index contributed by atoms with van der Waals surface area (Å²) in [5.41, 5.74) is 2.09. The van der Waals surface area contributed by atoms with Crippen LogP contribution in [0.5, 0.6) is 0 Å². The second kappa shape index (κ2) is 9.64. The molecule has 0 radical (unpaired) electrons. The predicted molar refractivity (Wildman–Crippen MR) is 93.4 cm³/mol. The van der Waals surface area contributed by atoms with Crippen molar-refractivity contribution in [2.75, 3.05) is 32.9 Å². The molecule has 0 amide bonds. The highest BCUT2D eigenvalue weighted by Gasteiger charge is 2.17. The van der Waals surface area contributed by atoms with Crippen LogP contribution in [-0.2, 0) is 15.9 Å². The highest BCUT2D eigenvalue weighted by Crippen LogP contribution is 2.12. The van der Waals surface area contributed by atoms with Gasteiger partial charge in [0.25, 0.3) is 0 Å². The number of aromatic nitrogens is 1. The average molecular weight is 338 g/mol. The normalized spacial score (nSPS) is 19.5. The van der Waals surface area contributed by atoms with Gasteiger partial charge in [0.15, 0.2) is 5.96 Å². The molecule has 2 atom stereocenters. The Bertz CT molecular complexity index is 504. The molecule has 2 unspecified atom stereocenters. The molecule has 0 aliphatic carbocycles. The summed E-state index contributed by atoms with van der Waals surface area (Å²) < 4.78 is 16.4. The van der Waals surface area contributed by atoms with Crippen molar-refractivity contribution in [3.63, 3.8) is 0 Å². The Morgan fingerprint density at radius 2 is 2.29 bits per heavy atom. The molecule has 2 N–H and O–H groups in total. The molecule has 0 bridgehead atoms. The second-order valence-corrected chi connectivity index (χ2v) is 6.18. The molecule has 0 saturated carbocycles. The van der Waals surface area contributed by atoms with E-state index in [0.29, 0.717) is 19.8 Å². The first kappa shape index (κ1) is 18.7. The van der Waals surface area contributed by atoms with Crippen molar-refractivity contribution in [2.24, 2.45) is 4.99 Å². The van der Waals surface area contributed by atoms with Crippen LogP contribution < -0.4 is 10.6 Å². The van der Waals surface area contributed by atoms with Crippen LogP contribution in [0, 0.1) is 13.8 Å². The minimum atomic E-state index is 0.183. The topological polar surface area (TPSA) is 80.9 Å². The summed E-state index contributed by atoms with van der Waals surface area (Å²) >= 11 is 0. The summed E-state index contributed by atoms with van der Waals surface area (Å²) in [5, 5.41) is 10.6. The van der Waals surface area contributed by atoms with Crippen molar-refractivity contribution in [1.29, 1.82) is 0 Å². The number of aliphatic imine (C=N–C) groups is 1. The fourth-order valence-corrected chi connectivity index (χ4v) is 2.66. The van der Waals surface area contributed by atoms with E-state index in [1.54, 1.807) is 0 Å². The highest BCUT2D eigenvalue weighted by molar-refractivity contribution is 5.80. The Morgan fingerprint density at radius 1 is 1.46 bits per heavy atom. The molecule has 24 heavy (non-hydrogen) atoms. The van der Waals surface area contributed by atoms with E-state index < -0.39 is 0 Å². The molecule has 1 aromatic heterocycles. The Kier molecular flexibility index (Phi) is 7.52. The van der Waals surface area contributed by atoms with Gasteiger partial charge in [0.1, 0.15) is 5.76 Å². The first-order valence-corrected chi connectivity index (χ1v) is 8.76. The van der Waals surface area contributed by atoms with E-state index in [1.807, 2.05) is 13.8 Å². The van der Waals surface area contributed by atoms with Crippen molar-refractivity contribution >= 4 is 5.96 Å². The van der Waals surface area contributed by atoms with Crippen molar-refractivity contribution < 1.29 is 14.0 Å². The van der Waals surface area contributed by atoms with Gasteiger partial charge < -0.3 is 24.6 Å². The standard InChI is InChI=1S/C17H30N4O3/c1-5-18-17(19-8-6-16-13(3)21-24-14(16)4)20-12(2)10-23-15-7-9-22-11-15/h12,15H,5-11H2,1-4H3,(H2,18,19,20). The number of aryl methyl sites for hydroxylation is 2. The summed E-state index contributed by atoms with van der Waals surface area (Å²) in [6, 6.07) is 0.183. The van der Waals surface area contributed by atoms with E-state index in [4.69, 9.17) is 14.0 Å². The van der Waals surface area contributed by atoms with Crippen LogP contribution in [0.1, 0.15) is 37.3 Å². The maximum Gasteiger partial charge on any atom is 0.191 e. The average Bonchev–Trinajstić information content (AvgIpc) is 3.18. The number of hydrogen-bond donors (Lipinski definition) is 2. The first-order valence-electron chi connectivity index (χ1n) is 8.76. The van der Waals surface area contributed by atoms with Crippen LogP contribution in [0.25, 0.3) is 0 Å². The lowest BCUT2D eigenvalue weighted by Gasteiger charge is -2.19. The van der Waals surface area contributed by atoms with Gasteiger partial charge in [-0.05, 0) is 40.5 Å². The lowest BCUT2D eigenvalue weighted by Crippen LogP contribution is -2.44. The molecule has 2 rings (SSSR count). The Morgan fingerprint density at radius 3 is 2.92 bits per heavy atom. The highest BCUT2D eigenvalue weighted by atomic mass is 16.5. The van der Waals surface area contributed by atoms with Crippen LogP contribution >= 0.6 is 0 Å². The fraction of sp³-hybridized carbons (Fsp3) is 0.765. The van der Waals surface area contributed by atoms with Gasteiger partial charge in [0.05, 0.1) is 25.0 Å². The summed E-state index contributed by atoms with van der Waals surface area (Å²) in [6.07, 6.45) is 2.04. The summed E-state index contributed by atoms with van der Waals surface area (Å²) in [4.78, 5) is 4.64. The predicted octanol–water partition coefficient (Wildman–Crippen LogP) is 1.58. The maximum atomic E-state index is 5.85. The third-order valence-corrected chi connectivity index (χ3v) is 4.01. The molecule has 1 saturated heterocycles. The number of hydrogen-bond acceptors (Lipinski definition) is 5. The second-order valence-electron chi connectivity index (χ2n) is 6.18. The van der Waals surface area contributed by atoms with Gasteiger partial charge in [-0.1, -0.05) is 5.16 Å². The summed E-state index contributed by atoms with van der Waals surface area (Å²) in [6.45, 7) is 11.7.